The summed E-state index contributed by atoms with van der Waals surface area (Å²) in [6.07, 6.45) is 11.1. The fourth-order valence-corrected chi connectivity index (χ4v) is 24.5. The zero-order valence-electron chi connectivity index (χ0n) is 77.5. The number of methoxy groups -OCH3 is 1. The highest BCUT2D eigenvalue weighted by Crippen LogP contribution is 2.38. The van der Waals surface area contributed by atoms with Gasteiger partial charge in [0.15, 0.2) is 26.6 Å². The number of ether oxygens (including phenoxy) is 2. The van der Waals surface area contributed by atoms with Crippen molar-refractivity contribution in [2.75, 3.05) is 131 Å². The number of aromatic nitrogens is 8. The summed E-state index contributed by atoms with van der Waals surface area (Å²) in [6, 6.07) is 57.6. The van der Waals surface area contributed by atoms with E-state index in [0.29, 0.717) is 102 Å². The molecule has 8 aromatic carbocycles. The number of nitrogens with one attached hydrogen (secondary N) is 5. The Morgan fingerprint density at radius 2 is 1.06 bits per heavy atom. The maximum absolute atomic E-state index is 13.4. The van der Waals surface area contributed by atoms with Crippen LogP contribution in [0.2, 0.25) is 15.1 Å². The van der Waals surface area contributed by atoms with Crippen molar-refractivity contribution < 1.29 is 83.4 Å². The Balaban J connectivity index is 0.000000352. The Kier molecular flexibility index (Phi) is 33.2. The first-order chi connectivity index (χ1) is 68.8. The van der Waals surface area contributed by atoms with Gasteiger partial charge in [-0.15, -0.1) is 45.3 Å². The summed E-state index contributed by atoms with van der Waals surface area (Å²) in [4.78, 5) is 78.5. The minimum Gasteiger partial charge on any atom is -0.495 e. The van der Waals surface area contributed by atoms with E-state index in [1.54, 1.807) is 124 Å². The predicted molar refractivity (Wildman–Crippen MR) is 585 cm³/mol. The molecule has 0 bridgehead atoms. The van der Waals surface area contributed by atoms with Gasteiger partial charge in [0.1, 0.15) is 41.3 Å². The predicted octanol–water partition coefficient (Wildman–Crippen LogP) is 18.5. The van der Waals surface area contributed by atoms with Gasteiger partial charge in [-0.25, -0.2) is 63.6 Å². The molecule has 4 aliphatic heterocycles. The zero-order valence-corrected chi connectivity index (χ0v) is 86.3. The van der Waals surface area contributed by atoms with E-state index in [0.717, 1.165) is 93.9 Å². The Morgan fingerprint density at radius 3 is 1.63 bits per heavy atom. The second-order valence-electron chi connectivity index (χ2n) is 33.7. The third kappa shape index (κ3) is 25.6. The quantitative estimate of drug-likeness (QED) is 0.0229. The first kappa shape index (κ1) is 103. The number of nitrogens with zero attached hydrogens (tertiary/aromatic N) is 15. The van der Waals surface area contributed by atoms with E-state index in [1.165, 1.54) is 89.3 Å². The Labute approximate surface area is 874 Å². The average molecular weight is 2170 g/mol. The van der Waals surface area contributed by atoms with E-state index in [9.17, 15) is 58.3 Å². The van der Waals surface area contributed by atoms with Crippen LogP contribution >= 0.6 is 80.1 Å². The van der Waals surface area contributed by atoms with E-state index >= 15 is 0 Å². The van der Waals surface area contributed by atoms with Crippen LogP contribution in [0.1, 0.15) is 66.6 Å². The van der Waals surface area contributed by atoms with E-state index in [-0.39, 0.29) is 89.1 Å². The highest BCUT2D eigenvalue weighted by Gasteiger charge is 2.39. The molecule has 7 N–H and O–H groups in total. The van der Waals surface area contributed by atoms with Crippen molar-refractivity contribution in [3.05, 3.63) is 292 Å². The molecule has 0 spiro atoms. The number of hydrogen-bond donors (Lipinski definition) is 7. The molecule has 770 valence electrons. The molecule has 4 saturated heterocycles. The van der Waals surface area contributed by atoms with Gasteiger partial charge >= 0.3 is 0 Å². The fraction of sp³-hybridized carbons (Fsp3) is 0.268. The van der Waals surface area contributed by atoms with Crippen molar-refractivity contribution in [1.82, 2.24) is 58.6 Å². The summed E-state index contributed by atoms with van der Waals surface area (Å²) in [5.74, 6) is 1.12. The molecule has 4 aliphatic rings. The lowest BCUT2D eigenvalue weighted by atomic mass is 9.84. The van der Waals surface area contributed by atoms with Gasteiger partial charge in [-0.3, -0.25) is 38.2 Å². The summed E-state index contributed by atoms with van der Waals surface area (Å²) in [6.45, 7) is 13.8. The number of carbonyl (C=O) groups excluding carboxylic acids is 3. The average Bonchev–Trinajstić information content (AvgIpc) is 0.893. The van der Waals surface area contributed by atoms with Crippen molar-refractivity contribution >= 4 is 209 Å². The van der Waals surface area contributed by atoms with Crippen molar-refractivity contribution in [3.8, 4) is 11.5 Å². The SMILES string of the molecule is COc1ccccc1Nc1nc(CN2CCN(c3ccc(S(=O)(=O)Nc4ccncn4)cc3)CC2)cs1.C[C@@H]1CN(c2ccc(S(=O)(=O)Nc3nccs3)cc2)CCN1C(=O)[C@H](C)n1ccc2ccccc21.C[C@H](Oc1cccc(Cl)c1Cl)C(=O)N1CCN(c2ccc(S(=O)(=O)Nc3nccs3)cc2)C[C@@H]1CO.O=C(Cn1ccc2ccc(Cl)cc21)N1CCC(O)(c2ccc(S(=O)(=O)Nc3nccs3)cc2)CC1.[HH].[HH].[HH].[HH].[HH].[HH].[HH].[HH].[HH].[HH].[HH]. The number of aliphatic hydroxyl groups is 2. The van der Waals surface area contributed by atoms with Gasteiger partial charge in [0.05, 0.1) is 61.3 Å². The number of amides is 3. The summed E-state index contributed by atoms with van der Waals surface area (Å²) in [5.41, 5.74) is 6.09. The Hall–Kier alpha value is -12.6. The lowest BCUT2D eigenvalue weighted by Crippen LogP contribution is -2.59. The first-order valence-corrected chi connectivity index (χ1v) is 55.8. The minimum absolute atomic E-state index is 0. The van der Waals surface area contributed by atoms with Crippen LogP contribution in [-0.4, -0.2) is 231 Å². The van der Waals surface area contributed by atoms with Crippen molar-refractivity contribution in [2.45, 2.75) is 96.1 Å². The largest absolute Gasteiger partial charge is 0.495 e. The molecular weight excluding hydrogens is 2050 g/mol. The summed E-state index contributed by atoms with van der Waals surface area (Å²) >= 11 is 23.5. The maximum Gasteiger partial charge on any atom is 0.263 e. The number of carbonyl (C=O) groups is 3. The van der Waals surface area contributed by atoms with E-state index in [2.05, 4.69) is 82.2 Å². The lowest BCUT2D eigenvalue weighted by molar-refractivity contribution is -0.142. The molecule has 4 atom stereocenters. The topological polar surface area (TPSA) is 417 Å². The van der Waals surface area contributed by atoms with Crippen LogP contribution in [0, 0.1) is 0 Å². The van der Waals surface area contributed by atoms with Gasteiger partial charge in [0, 0.05) is 199 Å². The number of rotatable bonds is 29. The van der Waals surface area contributed by atoms with Crippen LogP contribution in [0.5, 0.6) is 11.5 Å². The monoisotopic (exact) mass is 2170 g/mol. The normalized spacial score (nSPS) is 16.2. The second-order valence-corrected chi connectivity index (χ2v) is 45.2. The van der Waals surface area contributed by atoms with Crippen molar-refractivity contribution in [3.63, 3.8) is 0 Å². The number of para-hydroxylation sites is 3. The van der Waals surface area contributed by atoms with Gasteiger partial charge in [-0.2, -0.15) is 0 Å². The smallest absolute Gasteiger partial charge is 0.263 e. The van der Waals surface area contributed by atoms with Gasteiger partial charge in [0.2, 0.25) is 11.8 Å². The number of fused-ring (bicyclic) bond motifs is 2. The first-order valence-electron chi connectivity index (χ1n) is 45.2. The highest BCUT2D eigenvalue weighted by molar-refractivity contribution is 7.93. The Bertz CT molecular complexity index is 7420. The molecule has 4 fully saturated rings. The summed E-state index contributed by atoms with van der Waals surface area (Å²) < 4.78 is 126. The van der Waals surface area contributed by atoms with Crippen LogP contribution in [-0.2, 0) is 73.2 Å². The molecule has 0 saturated carbocycles. The van der Waals surface area contributed by atoms with Crippen molar-refractivity contribution in [2.24, 2.45) is 0 Å². The van der Waals surface area contributed by atoms with Gasteiger partial charge < -0.3 is 63.5 Å². The zero-order chi connectivity index (χ0) is 101. The molecule has 0 unspecified atom stereocenters. The molecular formula is C97H123Cl3N20O15S8. The van der Waals surface area contributed by atoms with Crippen LogP contribution in [0.4, 0.5) is 49.1 Å². The number of hydrogen-bond acceptors (Lipinski definition) is 30. The number of thiazole rings is 4. The minimum atomic E-state index is -3.76. The lowest BCUT2D eigenvalue weighted by Gasteiger charge is -2.42. The second kappa shape index (κ2) is 46.0. The standard InChI is InChI=1S/C25H27N7O3S2.C25H27N5O3S2.C24H23ClN4O4S2.C23H24Cl2N4O5S2.11H2/c1-35-23-5-3-2-4-22(23)29-25-28-19(17-36-25)16-31-12-14-32(15-13-31)20-6-8-21(9-7-20)37(33,34)30-24-10-11-26-18-27-24;1-18-17-28(21-7-9-22(10-8-21)35(32,33)27-25-26-12-16-34-25)14-15-29(18)24(31)19(2)30-13-11-20-5-3-4-6-23(20)30;25-19-4-1-17-7-11-29(21(17)15-19)16-22(30)28-12-8-24(31,9-13-28)18-2-5-20(6-3-18)35(32,33)27-23-26-10-14-34-23;1-15(34-20-4-2-3-19(24)21(20)25)22(31)29-11-10-28(13-17(29)14-30)16-5-7-18(8-6-16)36(32,33)27-23-26-9-12-35-23;;;;;;;;;;;/h2-11,17-18H,12-16H2,1H3,(H,28,29)(H,26,27,30);3-13,16,18-19H,14-15,17H2,1-2H3,(H,26,27);1-7,10-11,14-15,31H,8-9,12-13,16H2,(H,26,27);2-9,12,15,17,30H,10-11,13-14H2,1H3,(H,26,27);11*1H/t;18-,19+;;15-,17+;;;;;;;;;;;/m.1.0.........../s1. The number of anilines is 9. The number of piperidine rings is 1. The highest BCUT2D eigenvalue weighted by atomic mass is 35.5. The molecule has 143 heavy (non-hydrogen) atoms. The number of benzene rings is 8. The van der Waals surface area contributed by atoms with Crippen LogP contribution < -0.4 is 48.4 Å². The van der Waals surface area contributed by atoms with Gasteiger partial charge in [0.25, 0.3) is 46.0 Å². The Morgan fingerprint density at radius 1 is 0.531 bits per heavy atom. The van der Waals surface area contributed by atoms with Crippen LogP contribution in [0.3, 0.4) is 0 Å². The summed E-state index contributed by atoms with van der Waals surface area (Å²) in [5, 5.41) is 36.8. The van der Waals surface area contributed by atoms with E-state index in [4.69, 9.17) is 49.3 Å². The molecule has 7 aromatic heterocycles. The molecule has 46 heteroatoms. The molecule has 19 rings (SSSR count). The van der Waals surface area contributed by atoms with Gasteiger partial charge in [-0.05, 0) is 196 Å². The number of aliphatic hydroxyl groups excluding tert-OH is 1. The molecule has 0 radical (unpaired) electrons. The molecule has 15 aromatic rings. The fourth-order valence-electron chi connectivity index (χ4n) is 16.9. The number of piperazine rings is 3. The number of halogens is 3. The molecule has 11 heterocycles. The maximum atomic E-state index is 13.4. The summed E-state index contributed by atoms with van der Waals surface area (Å²) in [7, 11) is -13.3. The third-order valence-electron chi connectivity index (χ3n) is 24.5. The molecule has 35 nitrogen and oxygen atoms in total. The number of sulfonamides is 4. The van der Waals surface area contributed by atoms with E-state index in [1.807, 2.05) is 135 Å². The van der Waals surface area contributed by atoms with Gasteiger partial charge in [-0.1, -0.05) is 89.4 Å². The van der Waals surface area contributed by atoms with Crippen LogP contribution in [0.25, 0.3) is 21.8 Å². The van der Waals surface area contributed by atoms with E-state index < -0.39 is 57.8 Å². The number of likely N-dealkylation sites (tertiary alicyclic amines) is 1. The third-order valence-corrected chi connectivity index (χ3v) is 34.3. The molecule has 0 aliphatic carbocycles. The molecule has 3 amide bonds. The van der Waals surface area contributed by atoms with Crippen LogP contribution in [0.15, 0.2) is 285 Å². The van der Waals surface area contributed by atoms with Crippen molar-refractivity contribution in [1.29, 1.82) is 0 Å².